The van der Waals surface area contributed by atoms with Crippen molar-refractivity contribution in [3.8, 4) is 0 Å². The third-order valence-corrected chi connectivity index (χ3v) is 5.20. The molecule has 2 N–H and O–H groups in total. The van der Waals surface area contributed by atoms with E-state index in [1.165, 1.54) is 11.1 Å². The van der Waals surface area contributed by atoms with Crippen LogP contribution in [0.25, 0.3) is 0 Å². The average molecular weight is 394 g/mol. The molecule has 2 rings (SSSR count). The Kier molecular flexibility index (Phi) is 8.44. The first-order valence-corrected chi connectivity index (χ1v) is 10.5. The van der Waals surface area contributed by atoms with Crippen molar-refractivity contribution in [3.63, 3.8) is 0 Å². The highest BCUT2D eigenvalue weighted by atomic mass is 16.1. The van der Waals surface area contributed by atoms with Crippen molar-refractivity contribution in [2.45, 2.75) is 51.5 Å². The number of carbonyl (C=O) groups excluding carboxylic acids is 1. The van der Waals surface area contributed by atoms with Crippen LogP contribution in [-0.4, -0.2) is 36.3 Å². The highest BCUT2D eigenvalue weighted by Gasteiger charge is 2.25. The van der Waals surface area contributed by atoms with Gasteiger partial charge in [0.25, 0.3) is 0 Å². The van der Waals surface area contributed by atoms with E-state index in [1.54, 1.807) is 0 Å². The Labute approximate surface area is 175 Å². The number of allylic oxidation sites excluding steroid dienone is 6. The number of hydrogen-bond acceptors (Lipinski definition) is 2. The molecule has 0 saturated heterocycles. The van der Waals surface area contributed by atoms with Crippen molar-refractivity contribution in [1.82, 2.24) is 4.90 Å². The number of nitrogens with zero attached hydrogens (tertiary/aromatic N) is 2. The summed E-state index contributed by atoms with van der Waals surface area (Å²) in [4.78, 5) is 18.1. The number of benzene rings is 1. The summed E-state index contributed by atoms with van der Waals surface area (Å²) >= 11 is 0. The van der Waals surface area contributed by atoms with Gasteiger partial charge in [0.15, 0.2) is 5.96 Å². The van der Waals surface area contributed by atoms with Gasteiger partial charge in [0.1, 0.15) is 11.8 Å². The van der Waals surface area contributed by atoms with Gasteiger partial charge >= 0.3 is 0 Å². The van der Waals surface area contributed by atoms with Crippen LogP contribution in [0.3, 0.4) is 0 Å². The molecule has 0 bridgehead atoms. The fraction of sp³-hybridized carbons (Fsp3) is 0.440. The third-order valence-electron chi connectivity index (χ3n) is 5.20. The van der Waals surface area contributed by atoms with E-state index in [1.807, 2.05) is 24.9 Å². The summed E-state index contributed by atoms with van der Waals surface area (Å²) in [5.41, 5.74) is 8.07. The van der Waals surface area contributed by atoms with Gasteiger partial charge in [-0.05, 0) is 43.2 Å². The summed E-state index contributed by atoms with van der Waals surface area (Å²) in [6.45, 7) is 6.77. The third kappa shape index (κ3) is 7.04. The largest absolute Gasteiger partial charge is 0.370 e. The first kappa shape index (κ1) is 22.7. The molecule has 2 atom stereocenters. The van der Waals surface area contributed by atoms with E-state index in [0.29, 0.717) is 18.3 Å². The number of nitrogens with two attached hydrogens (primary N) is 1. The molecule has 29 heavy (non-hydrogen) atoms. The van der Waals surface area contributed by atoms with Crippen molar-refractivity contribution in [2.75, 3.05) is 13.6 Å². The van der Waals surface area contributed by atoms with Crippen LogP contribution in [0.1, 0.15) is 51.5 Å². The fourth-order valence-electron chi connectivity index (χ4n) is 3.77. The maximum absolute atomic E-state index is 11.6. The Bertz CT molecular complexity index is 777. The van der Waals surface area contributed by atoms with E-state index < -0.39 is 5.54 Å². The van der Waals surface area contributed by atoms with E-state index in [9.17, 15) is 4.79 Å². The minimum atomic E-state index is -0.775. The summed E-state index contributed by atoms with van der Waals surface area (Å²) in [5.74, 6) is 1.06. The molecule has 0 saturated carbocycles. The second kappa shape index (κ2) is 10.8. The number of hydrogen-bond donors (Lipinski definition) is 1. The average Bonchev–Trinajstić information content (AvgIpc) is 2.97. The van der Waals surface area contributed by atoms with Crippen LogP contribution in [0.15, 0.2) is 71.3 Å². The van der Waals surface area contributed by atoms with Gasteiger partial charge in [0.2, 0.25) is 0 Å². The van der Waals surface area contributed by atoms with Crippen LogP contribution in [0, 0.1) is 5.92 Å². The second-order valence-electron chi connectivity index (χ2n) is 8.45. The van der Waals surface area contributed by atoms with Gasteiger partial charge < -0.3 is 15.4 Å². The second-order valence-corrected chi connectivity index (χ2v) is 8.45. The Hall–Kier alpha value is -2.62. The molecule has 0 aromatic heterocycles. The molecule has 0 fully saturated rings. The lowest BCUT2D eigenvalue weighted by molar-refractivity contribution is -0.112. The fourth-order valence-corrected chi connectivity index (χ4v) is 3.77. The lowest BCUT2D eigenvalue weighted by Crippen LogP contribution is -2.39. The molecule has 1 aromatic carbocycles. The zero-order valence-corrected chi connectivity index (χ0v) is 18.2. The van der Waals surface area contributed by atoms with Gasteiger partial charge in [0.05, 0.1) is 0 Å². The van der Waals surface area contributed by atoms with Crippen LogP contribution >= 0.6 is 0 Å². The quantitative estimate of drug-likeness (QED) is 0.370. The molecule has 0 amide bonds. The molecule has 0 aliphatic heterocycles. The number of carbonyl (C=O) groups is 1. The molecule has 0 spiro atoms. The van der Waals surface area contributed by atoms with Crippen LogP contribution in [-0.2, 0) is 4.79 Å². The van der Waals surface area contributed by atoms with Crippen LogP contribution in [0.4, 0.5) is 0 Å². The smallest absolute Gasteiger partial charge is 0.191 e. The zero-order valence-electron chi connectivity index (χ0n) is 18.2. The van der Waals surface area contributed by atoms with E-state index in [-0.39, 0.29) is 5.92 Å². The highest BCUT2D eigenvalue weighted by molar-refractivity contribution is 5.81. The summed E-state index contributed by atoms with van der Waals surface area (Å²) in [6, 6.07) is 10.6. The van der Waals surface area contributed by atoms with Gasteiger partial charge in [-0.15, -0.1) is 0 Å². The molecule has 2 unspecified atom stereocenters. The van der Waals surface area contributed by atoms with Crippen molar-refractivity contribution in [1.29, 1.82) is 0 Å². The summed E-state index contributed by atoms with van der Waals surface area (Å²) in [6.07, 6.45) is 14.4. The molecule has 0 radical (unpaired) electrons. The van der Waals surface area contributed by atoms with Gasteiger partial charge in [-0.3, -0.25) is 0 Å². The Morgan fingerprint density at radius 1 is 1.28 bits per heavy atom. The van der Waals surface area contributed by atoms with Crippen LogP contribution < -0.4 is 5.73 Å². The van der Waals surface area contributed by atoms with Crippen molar-refractivity contribution in [3.05, 3.63) is 71.8 Å². The lowest BCUT2D eigenvalue weighted by Gasteiger charge is -2.27. The number of aldehydes is 1. The van der Waals surface area contributed by atoms with E-state index in [2.05, 4.69) is 73.5 Å². The van der Waals surface area contributed by atoms with Crippen molar-refractivity contribution >= 4 is 12.2 Å². The lowest BCUT2D eigenvalue weighted by atomic mass is 9.87. The standard InChI is InChI=1S/C25H35N3O/c1-20(2)18-25(3,19-29)27-24(26)28(4)17-16-23(22-14-10-7-11-15-22)21-12-8-5-6-9-13-21/h5,7-15,19-20,23H,6,16-18H2,1-4H3,(H2,26,27). The van der Waals surface area contributed by atoms with E-state index >= 15 is 0 Å². The van der Waals surface area contributed by atoms with Gasteiger partial charge in [-0.1, -0.05) is 74.6 Å². The van der Waals surface area contributed by atoms with Gasteiger partial charge in [-0.2, -0.15) is 0 Å². The monoisotopic (exact) mass is 393 g/mol. The van der Waals surface area contributed by atoms with Crippen LogP contribution in [0.2, 0.25) is 0 Å². The maximum Gasteiger partial charge on any atom is 0.191 e. The minimum absolute atomic E-state index is 0.276. The molecule has 1 aliphatic carbocycles. The van der Waals surface area contributed by atoms with Crippen molar-refractivity contribution < 1.29 is 4.79 Å². The zero-order chi connectivity index (χ0) is 21.3. The normalized spacial score (nSPS) is 17.4. The molecule has 156 valence electrons. The van der Waals surface area contributed by atoms with Gasteiger partial charge in [-0.25, -0.2) is 4.99 Å². The molecular formula is C25H35N3O. The van der Waals surface area contributed by atoms with Gasteiger partial charge in [0, 0.05) is 19.5 Å². The number of guanidine groups is 1. The SMILES string of the molecule is CC(C)CC(C)(C=O)N=C(N)N(C)CCC(C1=CC=CCC=C1)c1ccccc1. The molecule has 1 aliphatic rings. The highest BCUT2D eigenvalue weighted by Crippen LogP contribution is 2.30. The molecule has 0 heterocycles. The Balaban J connectivity index is 2.16. The number of aliphatic imine (C=N–C) groups is 1. The minimum Gasteiger partial charge on any atom is -0.370 e. The van der Waals surface area contributed by atoms with E-state index in [4.69, 9.17) is 5.73 Å². The molecule has 1 aromatic rings. The van der Waals surface area contributed by atoms with Crippen LogP contribution in [0.5, 0.6) is 0 Å². The molecular weight excluding hydrogens is 358 g/mol. The summed E-state index contributed by atoms with van der Waals surface area (Å²) in [5, 5.41) is 0. The summed E-state index contributed by atoms with van der Waals surface area (Å²) in [7, 11) is 1.94. The Morgan fingerprint density at radius 3 is 2.66 bits per heavy atom. The number of rotatable bonds is 9. The first-order valence-electron chi connectivity index (χ1n) is 10.5. The predicted octanol–water partition coefficient (Wildman–Crippen LogP) is 4.85. The van der Waals surface area contributed by atoms with E-state index in [0.717, 1.165) is 25.7 Å². The predicted molar refractivity (Wildman–Crippen MR) is 123 cm³/mol. The van der Waals surface area contributed by atoms with Crippen molar-refractivity contribution in [2.24, 2.45) is 16.6 Å². The molecule has 4 nitrogen and oxygen atoms in total. The topological polar surface area (TPSA) is 58.7 Å². The maximum atomic E-state index is 11.6. The first-order chi connectivity index (χ1) is 13.8. The summed E-state index contributed by atoms with van der Waals surface area (Å²) < 4.78 is 0. The molecule has 4 heteroatoms. The Morgan fingerprint density at radius 2 is 2.00 bits per heavy atom.